The summed E-state index contributed by atoms with van der Waals surface area (Å²) in [5.74, 6) is -1.83. The van der Waals surface area contributed by atoms with Gasteiger partial charge in [-0.3, -0.25) is 19.6 Å². The molecule has 0 saturated carbocycles. The molecular weight excluding hydrogens is 402 g/mol. The summed E-state index contributed by atoms with van der Waals surface area (Å²) in [5.41, 5.74) is 5.90. The minimum atomic E-state index is -0.978. The van der Waals surface area contributed by atoms with Crippen molar-refractivity contribution < 1.29 is 23.9 Å². The van der Waals surface area contributed by atoms with Crippen molar-refractivity contribution in [3.05, 3.63) is 41.4 Å². The Kier molecular flexibility index (Phi) is 4.45. The largest absolute Gasteiger partial charge is 0.449 e. The Morgan fingerprint density at radius 2 is 2.26 bits per heavy atom. The summed E-state index contributed by atoms with van der Waals surface area (Å²) in [6.07, 6.45) is 2.38. The van der Waals surface area contributed by atoms with Gasteiger partial charge in [-0.1, -0.05) is 6.07 Å². The number of ether oxygens (including phenoxy) is 2. The van der Waals surface area contributed by atoms with Crippen LogP contribution in [0.4, 0.5) is 4.79 Å². The third-order valence-electron chi connectivity index (χ3n) is 6.69. The molecule has 1 aliphatic carbocycles. The van der Waals surface area contributed by atoms with Crippen LogP contribution in [-0.2, 0) is 25.6 Å². The van der Waals surface area contributed by atoms with Crippen molar-refractivity contribution in [3.63, 3.8) is 0 Å². The number of hydrogen-bond acceptors (Lipinski definition) is 9. The lowest BCUT2D eigenvalue weighted by molar-refractivity contribution is -0.138. The van der Waals surface area contributed by atoms with E-state index < -0.39 is 23.7 Å². The maximum Gasteiger partial charge on any atom is 0.404 e. The maximum absolute atomic E-state index is 13.6. The molecule has 5 rings (SSSR count). The van der Waals surface area contributed by atoms with Gasteiger partial charge < -0.3 is 25.4 Å². The SMILES string of the molecule is COC12C(COC(N)=O)C3=C(C(=O)C(C)C(=NCc4cccnc4)C3=O)N1CC1NC12. The number of methoxy groups -OCH3 is 1. The number of ketones is 2. The van der Waals surface area contributed by atoms with Crippen LogP contribution in [0.1, 0.15) is 12.5 Å². The number of pyridine rings is 1. The van der Waals surface area contributed by atoms with Gasteiger partial charge >= 0.3 is 6.09 Å². The highest BCUT2D eigenvalue weighted by Crippen LogP contribution is 2.55. The summed E-state index contributed by atoms with van der Waals surface area (Å²) in [4.78, 5) is 48.8. The predicted molar refractivity (Wildman–Crippen MR) is 108 cm³/mol. The van der Waals surface area contributed by atoms with Crippen molar-refractivity contribution in [2.24, 2.45) is 22.6 Å². The summed E-state index contributed by atoms with van der Waals surface area (Å²) >= 11 is 0. The summed E-state index contributed by atoms with van der Waals surface area (Å²) in [5, 5.41) is 3.33. The third kappa shape index (κ3) is 2.75. The van der Waals surface area contributed by atoms with E-state index in [1.807, 2.05) is 11.0 Å². The average Bonchev–Trinajstić information content (AvgIpc) is 3.37. The lowest BCUT2D eigenvalue weighted by Gasteiger charge is -2.39. The molecule has 0 spiro atoms. The lowest BCUT2D eigenvalue weighted by Crippen LogP contribution is -2.55. The number of primary amides is 1. The van der Waals surface area contributed by atoms with Crippen LogP contribution in [0.2, 0.25) is 0 Å². The van der Waals surface area contributed by atoms with Gasteiger partial charge in [-0.15, -0.1) is 0 Å². The first-order valence-electron chi connectivity index (χ1n) is 10.2. The van der Waals surface area contributed by atoms with E-state index in [9.17, 15) is 14.4 Å². The molecule has 3 N–H and O–H groups in total. The van der Waals surface area contributed by atoms with Crippen LogP contribution in [0, 0.1) is 11.8 Å². The van der Waals surface area contributed by atoms with Crippen molar-refractivity contribution >= 4 is 23.4 Å². The van der Waals surface area contributed by atoms with E-state index in [0.29, 0.717) is 17.8 Å². The molecule has 31 heavy (non-hydrogen) atoms. The van der Waals surface area contributed by atoms with Gasteiger partial charge in [-0.05, 0) is 18.6 Å². The summed E-state index contributed by atoms with van der Waals surface area (Å²) in [6, 6.07) is 3.73. The lowest BCUT2D eigenvalue weighted by atomic mass is 9.78. The molecule has 10 nitrogen and oxygen atoms in total. The molecule has 0 aromatic carbocycles. The van der Waals surface area contributed by atoms with Gasteiger partial charge in [0.25, 0.3) is 0 Å². The number of hydrogen-bond donors (Lipinski definition) is 2. The molecule has 1 amide bonds. The molecule has 3 aliphatic heterocycles. The van der Waals surface area contributed by atoms with Crippen molar-refractivity contribution in [1.82, 2.24) is 15.2 Å². The zero-order valence-corrected chi connectivity index (χ0v) is 17.2. The molecule has 5 atom stereocenters. The van der Waals surface area contributed by atoms with E-state index in [4.69, 9.17) is 15.2 Å². The number of aromatic nitrogens is 1. The Bertz CT molecular complexity index is 1040. The standard InChI is InChI=1S/C21H23N5O5/c1-10-15(24-7-11-4-3-5-23-6-11)18(28)14-12(9-31-20(22)29)21(30-2)19-13(25-19)8-26(21)16(14)17(10)27/h3-6,10,12-13,19,25H,7-9H2,1-2H3,(H2,22,29). The number of nitrogens with two attached hydrogens (primary N) is 1. The minimum Gasteiger partial charge on any atom is -0.449 e. The van der Waals surface area contributed by atoms with Crippen molar-refractivity contribution in [2.75, 3.05) is 20.3 Å². The number of carbonyl (C=O) groups excluding carboxylic acids is 3. The topological polar surface area (TPSA) is 146 Å². The summed E-state index contributed by atoms with van der Waals surface area (Å²) in [6.45, 7) is 2.32. The highest BCUT2D eigenvalue weighted by atomic mass is 16.6. The van der Waals surface area contributed by atoms with Crippen molar-refractivity contribution in [3.8, 4) is 0 Å². The molecule has 2 fully saturated rings. The Morgan fingerprint density at radius 3 is 2.94 bits per heavy atom. The van der Waals surface area contributed by atoms with E-state index in [-0.39, 0.29) is 42.5 Å². The van der Waals surface area contributed by atoms with Crippen molar-refractivity contribution in [2.45, 2.75) is 31.3 Å². The zero-order chi connectivity index (χ0) is 21.9. The second kappa shape index (κ2) is 6.96. The molecule has 10 heteroatoms. The number of Topliss-reactive ketones (excluding diaryl/α,β-unsaturated/α-hetero) is 2. The fraction of sp³-hybridized carbons (Fsp3) is 0.476. The maximum atomic E-state index is 13.6. The van der Waals surface area contributed by atoms with Gasteiger partial charge in [0.2, 0.25) is 5.78 Å². The predicted octanol–water partition coefficient (Wildman–Crippen LogP) is -0.212. The molecule has 4 aliphatic rings. The first-order chi connectivity index (χ1) is 14.9. The Hall–Kier alpha value is -3.11. The number of piperazine rings is 1. The Balaban J connectivity index is 1.56. The normalized spacial score (nSPS) is 34.6. The number of aliphatic imine (C=N–C) groups is 1. The number of carbonyl (C=O) groups is 3. The number of nitrogens with one attached hydrogen (secondary N) is 1. The van der Waals surface area contributed by atoms with Crippen molar-refractivity contribution in [1.29, 1.82) is 0 Å². The van der Waals surface area contributed by atoms with Gasteiger partial charge in [0.05, 0.1) is 35.8 Å². The van der Waals surface area contributed by atoms with Crippen LogP contribution < -0.4 is 11.1 Å². The first-order valence-corrected chi connectivity index (χ1v) is 10.2. The number of amides is 1. The highest BCUT2D eigenvalue weighted by molar-refractivity contribution is 6.53. The molecular formula is C21H23N5O5. The van der Waals surface area contributed by atoms with E-state index in [2.05, 4.69) is 15.3 Å². The number of fused-ring (bicyclic) bond motifs is 4. The van der Waals surface area contributed by atoms with Gasteiger partial charge in [0.1, 0.15) is 6.61 Å². The van der Waals surface area contributed by atoms with Gasteiger partial charge in [-0.25, -0.2) is 4.79 Å². The van der Waals surface area contributed by atoms with E-state index in [1.54, 1.807) is 32.5 Å². The van der Waals surface area contributed by atoms with Gasteiger partial charge in [-0.2, -0.15) is 0 Å². The monoisotopic (exact) mass is 425 g/mol. The quantitative estimate of drug-likeness (QED) is 0.616. The molecule has 5 unspecified atom stereocenters. The Labute approximate surface area is 178 Å². The molecule has 162 valence electrons. The molecule has 0 bridgehead atoms. The average molecular weight is 425 g/mol. The van der Waals surface area contributed by atoms with E-state index in [1.165, 1.54) is 0 Å². The van der Waals surface area contributed by atoms with Crippen LogP contribution >= 0.6 is 0 Å². The molecule has 0 radical (unpaired) electrons. The van der Waals surface area contributed by atoms with Crippen LogP contribution in [0.15, 0.2) is 40.8 Å². The Morgan fingerprint density at radius 1 is 1.45 bits per heavy atom. The second-order valence-corrected chi connectivity index (χ2v) is 8.24. The summed E-state index contributed by atoms with van der Waals surface area (Å²) < 4.78 is 11.1. The fourth-order valence-corrected chi connectivity index (χ4v) is 5.26. The smallest absolute Gasteiger partial charge is 0.404 e. The zero-order valence-electron chi connectivity index (χ0n) is 17.2. The van der Waals surface area contributed by atoms with E-state index >= 15 is 0 Å². The third-order valence-corrected chi connectivity index (χ3v) is 6.69. The van der Waals surface area contributed by atoms with Crippen LogP contribution in [0.25, 0.3) is 0 Å². The number of rotatable bonds is 5. The van der Waals surface area contributed by atoms with Crippen LogP contribution in [-0.4, -0.2) is 71.3 Å². The first kappa shape index (κ1) is 19.8. The second-order valence-electron chi connectivity index (χ2n) is 8.24. The molecule has 1 aromatic heterocycles. The van der Waals surface area contributed by atoms with Crippen LogP contribution in [0.3, 0.4) is 0 Å². The molecule has 1 aromatic rings. The minimum absolute atomic E-state index is 0.0729. The van der Waals surface area contributed by atoms with E-state index in [0.717, 1.165) is 5.56 Å². The van der Waals surface area contributed by atoms with Crippen LogP contribution in [0.5, 0.6) is 0 Å². The number of nitrogens with zero attached hydrogens (tertiary/aromatic N) is 3. The van der Waals surface area contributed by atoms with Gasteiger partial charge in [0.15, 0.2) is 11.5 Å². The summed E-state index contributed by atoms with van der Waals surface area (Å²) in [7, 11) is 1.54. The highest BCUT2D eigenvalue weighted by Gasteiger charge is 2.73. The van der Waals surface area contributed by atoms with Gasteiger partial charge in [0, 0.05) is 37.7 Å². The number of allylic oxidation sites excluding steroid dienone is 1. The molecule has 4 heterocycles. The fourth-order valence-electron chi connectivity index (χ4n) is 5.26. The molecule has 2 saturated heterocycles.